The van der Waals surface area contributed by atoms with Crippen LogP contribution in [-0.2, 0) is 11.3 Å². The highest BCUT2D eigenvalue weighted by molar-refractivity contribution is 5.75. The van der Waals surface area contributed by atoms with Crippen molar-refractivity contribution >= 4 is 17.4 Å². The number of amides is 1. The van der Waals surface area contributed by atoms with Gasteiger partial charge in [-0.2, -0.15) is 0 Å². The average molecular weight is 175 g/mol. The predicted octanol–water partition coefficient (Wildman–Crippen LogP) is 0.809. The molecule has 2 aromatic rings. The summed E-state index contributed by atoms with van der Waals surface area (Å²) in [5, 5.41) is 2.60. The zero-order valence-corrected chi connectivity index (χ0v) is 6.95. The number of benzene rings is 1. The van der Waals surface area contributed by atoms with Crippen molar-refractivity contribution in [3.8, 4) is 0 Å². The number of hydrogen-bond donors (Lipinski definition) is 2. The van der Waals surface area contributed by atoms with Crippen molar-refractivity contribution in [2.24, 2.45) is 0 Å². The monoisotopic (exact) mass is 175 g/mol. The number of carbonyl (C=O) groups excluding carboxylic acids is 1. The van der Waals surface area contributed by atoms with Gasteiger partial charge in [0, 0.05) is 6.54 Å². The molecule has 0 unspecified atom stereocenters. The number of nitrogens with one attached hydrogen (secondary N) is 2. The van der Waals surface area contributed by atoms with Gasteiger partial charge in [-0.3, -0.25) is 4.79 Å². The SMILES string of the molecule is O=CNCc1ccc2[nH]cnc2c1. The van der Waals surface area contributed by atoms with Crippen molar-refractivity contribution in [3.05, 3.63) is 30.1 Å². The van der Waals surface area contributed by atoms with E-state index in [1.807, 2.05) is 18.2 Å². The Kier molecular flexibility index (Phi) is 1.96. The van der Waals surface area contributed by atoms with E-state index < -0.39 is 0 Å². The zero-order valence-electron chi connectivity index (χ0n) is 6.95. The number of carbonyl (C=O) groups is 1. The Morgan fingerprint density at radius 2 is 2.46 bits per heavy atom. The first-order valence-electron chi connectivity index (χ1n) is 3.99. The Bertz CT molecular complexity index is 421. The van der Waals surface area contributed by atoms with Crippen LogP contribution in [0.25, 0.3) is 11.0 Å². The zero-order chi connectivity index (χ0) is 9.10. The molecular formula is C9H9N3O. The van der Waals surface area contributed by atoms with E-state index in [-0.39, 0.29) is 0 Å². The number of imidazole rings is 1. The molecule has 0 saturated carbocycles. The van der Waals surface area contributed by atoms with Crippen molar-refractivity contribution in [1.29, 1.82) is 0 Å². The van der Waals surface area contributed by atoms with Crippen molar-refractivity contribution in [2.45, 2.75) is 6.54 Å². The molecule has 4 heteroatoms. The van der Waals surface area contributed by atoms with E-state index in [2.05, 4.69) is 15.3 Å². The minimum absolute atomic E-state index is 0.548. The first-order chi connectivity index (χ1) is 6.40. The van der Waals surface area contributed by atoms with Crippen LogP contribution in [0.3, 0.4) is 0 Å². The summed E-state index contributed by atoms with van der Waals surface area (Å²) in [5.41, 5.74) is 2.98. The van der Waals surface area contributed by atoms with Crippen LogP contribution in [0.5, 0.6) is 0 Å². The van der Waals surface area contributed by atoms with Crippen molar-refractivity contribution in [2.75, 3.05) is 0 Å². The molecule has 0 fully saturated rings. The number of hydrogen-bond acceptors (Lipinski definition) is 2. The van der Waals surface area contributed by atoms with Crippen molar-refractivity contribution < 1.29 is 4.79 Å². The maximum atomic E-state index is 10.1. The highest BCUT2D eigenvalue weighted by atomic mass is 16.1. The number of nitrogens with zero attached hydrogens (tertiary/aromatic N) is 1. The topological polar surface area (TPSA) is 57.8 Å². The summed E-state index contributed by atoms with van der Waals surface area (Å²) in [6.45, 7) is 0.548. The Balaban J connectivity index is 2.31. The molecule has 2 rings (SSSR count). The summed E-state index contributed by atoms with van der Waals surface area (Å²) in [6.07, 6.45) is 2.34. The van der Waals surface area contributed by atoms with Gasteiger partial charge in [0.1, 0.15) is 0 Å². The van der Waals surface area contributed by atoms with Crippen LogP contribution in [0.15, 0.2) is 24.5 Å². The normalized spacial score (nSPS) is 10.2. The summed E-state index contributed by atoms with van der Waals surface area (Å²) in [6, 6.07) is 5.85. The highest BCUT2D eigenvalue weighted by Gasteiger charge is 1.96. The van der Waals surface area contributed by atoms with Gasteiger partial charge < -0.3 is 10.3 Å². The number of aromatic nitrogens is 2. The molecule has 66 valence electrons. The number of H-pyrrole nitrogens is 1. The number of rotatable bonds is 3. The van der Waals surface area contributed by atoms with Gasteiger partial charge in [0.15, 0.2) is 0 Å². The van der Waals surface area contributed by atoms with Crippen LogP contribution >= 0.6 is 0 Å². The van der Waals surface area contributed by atoms with Crippen molar-refractivity contribution in [3.63, 3.8) is 0 Å². The fourth-order valence-electron chi connectivity index (χ4n) is 1.25. The maximum absolute atomic E-state index is 10.1. The van der Waals surface area contributed by atoms with E-state index in [4.69, 9.17) is 0 Å². The molecule has 0 aliphatic carbocycles. The van der Waals surface area contributed by atoms with Crippen LogP contribution in [0, 0.1) is 0 Å². The highest BCUT2D eigenvalue weighted by Crippen LogP contribution is 2.10. The first kappa shape index (κ1) is 7.79. The lowest BCUT2D eigenvalue weighted by molar-refractivity contribution is -0.109. The van der Waals surface area contributed by atoms with Crippen LogP contribution < -0.4 is 5.32 Å². The third-order valence-corrected chi connectivity index (χ3v) is 1.88. The van der Waals surface area contributed by atoms with E-state index in [0.717, 1.165) is 16.6 Å². The lowest BCUT2D eigenvalue weighted by Gasteiger charge is -1.98. The summed E-state index contributed by atoms with van der Waals surface area (Å²) in [4.78, 5) is 17.2. The lowest BCUT2D eigenvalue weighted by atomic mass is 10.2. The largest absolute Gasteiger partial charge is 0.355 e. The van der Waals surface area contributed by atoms with Gasteiger partial charge in [-0.25, -0.2) is 4.98 Å². The van der Waals surface area contributed by atoms with Gasteiger partial charge in [0.2, 0.25) is 6.41 Å². The van der Waals surface area contributed by atoms with Crippen LogP contribution in [0.4, 0.5) is 0 Å². The summed E-state index contributed by atoms with van der Waals surface area (Å²) >= 11 is 0. The summed E-state index contributed by atoms with van der Waals surface area (Å²) in [5.74, 6) is 0. The van der Waals surface area contributed by atoms with E-state index in [0.29, 0.717) is 13.0 Å². The molecule has 1 aromatic heterocycles. The molecule has 0 radical (unpaired) electrons. The third kappa shape index (κ3) is 1.51. The van der Waals surface area contributed by atoms with Crippen LogP contribution in [0.2, 0.25) is 0 Å². The second-order valence-corrected chi connectivity index (χ2v) is 2.75. The standard InChI is InChI=1S/C9H9N3O/c13-6-10-4-7-1-2-8-9(3-7)12-5-11-8/h1-3,5-6H,4H2,(H,10,13)(H,11,12). The van der Waals surface area contributed by atoms with Crippen LogP contribution in [0.1, 0.15) is 5.56 Å². The maximum Gasteiger partial charge on any atom is 0.207 e. The second kappa shape index (κ2) is 3.26. The lowest BCUT2D eigenvalue weighted by Crippen LogP contribution is -2.09. The van der Waals surface area contributed by atoms with Gasteiger partial charge in [-0.15, -0.1) is 0 Å². The van der Waals surface area contributed by atoms with Crippen LogP contribution in [-0.4, -0.2) is 16.4 Å². The smallest absolute Gasteiger partial charge is 0.207 e. The van der Waals surface area contributed by atoms with E-state index >= 15 is 0 Å². The fourth-order valence-corrected chi connectivity index (χ4v) is 1.25. The molecule has 1 aromatic carbocycles. The summed E-state index contributed by atoms with van der Waals surface area (Å²) < 4.78 is 0. The summed E-state index contributed by atoms with van der Waals surface area (Å²) in [7, 11) is 0. The Hall–Kier alpha value is -1.84. The van der Waals surface area contributed by atoms with E-state index in [1.165, 1.54) is 0 Å². The Morgan fingerprint density at radius 1 is 1.54 bits per heavy atom. The molecule has 1 heterocycles. The molecule has 2 N–H and O–H groups in total. The Labute approximate surface area is 75.0 Å². The molecule has 0 bridgehead atoms. The first-order valence-corrected chi connectivity index (χ1v) is 3.99. The molecule has 1 amide bonds. The number of fused-ring (bicyclic) bond motifs is 1. The quantitative estimate of drug-likeness (QED) is 0.678. The molecule has 0 spiro atoms. The molecule has 4 nitrogen and oxygen atoms in total. The molecule has 0 aliphatic rings. The van der Waals surface area contributed by atoms with Gasteiger partial charge in [-0.1, -0.05) is 6.07 Å². The number of aromatic amines is 1. The molecule has 0 saturated heterocycles. The van der Waals surface area contributed by atoms with Gasteiger partial charge in [0.25, 0.3) is 0 Å². The minimum atomic E-state index is 0.548. The third-order valence-electron chi connectivity index (χ3n) is 1.88. The second-order valence-electron chi connectivity index (χ2n) is 2.75. The van der Waals surface area contributed by atoms with Gasteiger partial charge >= 0.3 is 0 Å². The van der Waals surface area contributed by atoms with Gasteiger partial charge in [-0.05, 0) is 17.7 Å². The Morgan fingerprint density at radius 3 is 3.31 bits per heavy atom. The van der Waals surface area contributed by atoms with Crippen molar-refractivity contribution in [1.82, 2.24) is 15.3 Å². The minimum Gasteiger partial charge on any atom is -0.355 e. The molecule has 0 atom stereocenters. The van der Waals surface area contributed by atoms with E-state index in [1.54, 1.807) is 6.33 Å². The van der Waals surface area contributed by atoms with E-state index in [9.17, 15) is 4.79 Å². The molecular weight excluding hydrogens is 166 g/mol. The molecule has 13 heavy (non-hydrogen) atoms. The van der Waals surface area contributed by atoms with Gasteiger partial charge in [0.05, 0.1) is 17.4 Å². The average Bonchev–Trinajstić information content (AvgIpc) is 2.61. The predicted molar refractivity (Wildman–Crippen MR) is 49.0 cm³/mol. The molecule has 0 aliphatic heterocycles. The fraction of sp³-hybridized carbons (Fsp3) is 0.111.